The third-order valence-electron chi connectivity index (χ3n) is 2.53. The number of ether oxygens (including phenoxy) is 2. The number of carbonyl (C=O) groups is 3. The first-order valence-electron chi connectivity index (χ1n) is 7.42. The minimum atomic E-state index is -0.735. The lowest BCUT2D eigenvalue weighted by molar-refractivity contribution is -0.122. The molecule has 0 aromatic rings. The van der Waals surface area contributed by atoms with E-state index in [1.54, 1.807) is 20.8 Å². The minimum absolute atomic E-state index is 0.132. The Morgan fingerprint density at radius 2 is 1.87 bits per heavy atom. The number of hydrogen-bond donors (Lipinski definition) is 3. The molecule has 0 spiro atoms. The van der Waals surface area contributed by atoms with Gasteiger partial charge in [-0.3, -0.25) is 4.79 Å². The first kappa shape index (κ1) is 20.8. The Bertz CT molecular complexity index is 418. The molecular formula is C15H27N3O5. The molecule has 132 valence electrons. The predicted octanol–water partition coefficient (Wildman–Crippen LogP) is 1.32. The van der Waals surface area contributed by atoms with E-state index in [1.165, 1.54) is 13.1 Å². The van der Waals surface area contributed by atoms with E-state index in [4.69, 9.17) is 9.47 Å². The lowest BCUT2D eigenvalue weighted by atomic mass is 10.1. The summed E-state index contributed by atoms with van der Waals surface area (Å²) in [6.07, 6.45) is 1.08. The number of likely N-dealkylation sites (N-methyl/N-ethyl adjacent to an activating group) is 1. The van der Waals surface area contributed by atoms with Crippen molar-refractivity contribution >= 4 is 18.1 Å². The van der Waals surface area contributed by atoms with E-state index in [1.807, 2.05) is 0 Å². The minimum Gasteiger partial charge on any atom is -0.445 e. The number of carbonyl (C=O) groups excluding carboxylic acids is 3. The lowest BCUT2D eigenvalue weighted by Crippen LogP contribution is -2.47. The Labute approximate surface area is 137 Å². The molecular weight excluding hydrogens is 302 g/mol. The molecule has 0 bridgehead atoms. The molecule has 0 aliphatic rings. The molecule has 23 heavy (non-hydrogen) atoms. The highest BCUT2D eigenvalue weighted by atomic mass is 16.6. The van der Waals surface area contributed by atoms with Crippen LogP contribution in [0.15, 0.2) is 12.7 Å². The predicted molar refractivity (Wildman–Crippen MR) is 86.0 cm³/mol. The van der Waals surface area contributed by atoms with Crippen LogP contribution in [0.25, 0.3) is 0 Å². The fourth-order valence-corrected chi connectivity index (χ4v) is 1.58. The maximum Gasteiger partial charge on any atom is 0.408 e. The van der Waals surface area contributed by atoms with E-state index in [9.17, 15) is 14.4 Å². The van der Waals surface area contributed by atoms with Crippen LogP contribution in [0.3, 0.4) is 0 Å². The zero-order valence-corrected chi connectivity index (χ0v) is 14.2. The second-order valence-corrected chi connectivity index (χ2v) is 5.77. The Morgan fingerprint density at radius 3 is 2.39 bits per heavy atom. The van der Waals surface area contributed by atoms with Crippen LogP contribution in [0.5, 0.6) is 0 Å². The number of amides is 3. The standard InChI is InChI=1S/C15H27N3O5/c1-6-10-22-13(20)17-9-7-8-11(12(19)16-5)18-14(21)23-15(2,3)4/h6,11H,1,7-10H2,2-5H3,(H,16,19)(H,17,20)(H,18,21)/t11-/m1/s1. The molecule has 3 N–H and O–H groups in total. The summed E-state index contributed by atoms with van der Waals surface area (Å²) in [5, 5.41) is 7.53. The molecule has 8 heteroatoms. The van der Waals surface area contributed by atoms with Gasteiger partial charge in [0.25, 0.3) is 0 Å². The van der Waals surface area contributed by atoms with Crippen molar-refractivity contribution in [2.75, 3.05) is 20.2 Å². The van der Waals surface area contributed by atoms with Crippen LogP contribution >= 0.6 is 0 Å². The first-order chi connectivity index (χ1) is 10.7. The van der Waals surface area contributed by atoms with Gasteiger partial charge in [-0.15, -0.1) is 0 Å². The highest BCUT2D eigenvalue weighted by Gasteiger charge is 2.23. The lowest BCUT2D eigenvalue weighted by Gasteiger charge is -2.23. The summed E-state index contributed by atoms with van der Waals surface area (Å²) in [5.41, 5.74) is -0.645. The van der Waals surface area contributed by atoms with Crippen LogP contribution < -0.4 is 16.0 Å². The molecule has 1 atom stereocenters. The Balaban J connectivity index is 4.26. The van der Waals surface area contributed by atoms with Gasteiger partial charge < -0.3 is 25.4 Å². The zero-order valence-electron chi connectivity index (χ0n) is 14.2. The van der Waals surface area contributed by atoms with Gasteiger partial charge in [0, 0.05) is 13.6 Å². The second-order valence-electron chi connectivity index (χ2n) is 5.77. The smallest absolute Gasteiger partial charge is 0.408 e. The van der Waals surface area contributed by atoms with Crippen molar-refractivity contribution in [1.29, 1.82) is 0 Å². The van der Waals surface area contributed by atoms with E-state index in [0.29, 0.717) is 19.4 Å². The number of alkyl carbamates (subject to hydrolysis) is 2. The molecule has 0 aliphatic carbocycles. The van der Waals surface area contributed by atoms with Crippen LogP contribution in [-0.4, -0.2) is 49.9 Å². The Hall–Kier alpha value is -2.25. The van der Waals surface area contributed by atoms with Gasteiger partial charge in [0.05, 0.1) is 0 Å². The SMILES string of the molecule is C=CCOC(=O)NCCC[C@@H](NC(=O)OC(C)(C)C)C(=O)NC. The van der Waals surface area contributed by atoms with Crippen molar-refractivity contribution in [2.45, 2.75) is 45.3 Å². The van der Waals surface area contributed by atoms with Gasteiger partial charge in [-0.2, -0.15) is 0 Å². The van der Waals surface area contributed by atoms with E-state index >= 15 is 0 Å². The quantitative estimate of drug-likeness (QED) is 0.460. The van der Waals surface area contributed by atoms with E-state index in [0.717, 1.165) is 0 Å². The van der Waals surface area contributed by atoms with Crippen molar-refractivity contribution in [3.63, 3.8) is 0 Å². The van der Waals surface area contributed by atoms with Crippen molar-refractivity contribution in [3.8, 4) is 0 Å². The molecule has 0 aromatic heterocycles. The fraction of sp³-hybridized carbons (Fsp3) is 0.667. The summed E-state index contributed by atoms with van der Waals surface area (Å²) >= 11 is 0. The third-order valence-corrected chi connectivity index (χ3v) is 2.53. The highest BCUT2D eigenvalue weighted by molar-refractivity contribution is 5.85. The molecule has 8 nitrogen and oxygen atoms in total. The maximum atomic E-state index is 11.8. The number of nitrogens with one attached hydrogen (secondary N) is 3. The van der Waals surface area contributed by atoms with Crippen molar-refractivity contribution in [3.05, 3.63) is 12.7 Å². The third kappa shape index (κ3) is 11.0. The molecule has 0 aliphatic heterocycles. The largest absolute Gasteiger partial charge is 0.445 e. The normalized spacial score (nSPS) is 11.8. The van der Waals surface area contributed by atoms with Crippen LogP contribution in [0.4, 0.5) is 9.59 Å². The Kier molecular flexibility index (Phi) is 9.45. The summed E-state index contributed by atoms with van der Waals surface area (Å²) in [7, 11) is 1.48. The van der Waals surface area contributed by atoms with E-state index in [-0.39, 0.29) is 12.5 Å². The molecule has 0 heterocycles. The Morgan fingerprint density at radius 1 is 1.22 bits per heavy atom. The zero-order chi connectivity index (χ0) is 17.9. The number of hydrogen-bond acceptors (Lipinski definition) is 5. The molecule has 0 radical (unpaired) electrons. The van der Waals surface area contributed by atoms with E-state index in [2.05, 4.69) is 22.5 Å². The van der Waals surface area contributed by atoms with Gasteiger partial charge in [0.2, 0.25) is 5.91 Å². The number of rotatable bonds is 8. The van der Waals surface area contributed by atoms with Gasteiger partial charge in [0.1, 0.15) is 18.2 Å². The summed E-state index contributed by atoms with van der Waals surface area (Å²) in [4.78, 5) is 34.7. The molecule has 0 unspecified atom stereocenters. The van der Waals surface area contributed by atoms with Crippen LogP contribution in [-0.2, 0) is 14.3 Å². The first-order valence-corrected chi connectivity index (χ1v) is 7.42. The maximum absolute atomic E-state index is 11.8. The second kappa shape index (κ2) is 10.5. The fourth-order valence-electron chi connectivity index (χ4n) is 1.58. The molecule has 0 saturated heterocycles. The van der Waals surface area contributed by atoms with Crippen LogP contribution in [0.2, 0.25) is 0 Å². The molecule has 0 aromatic carbocycles. The highest BCUT2D eigenvalue weighted by Crippen LogP contribution is 2.07. The monoisotopic (exact) mass is 329 g/mol. The van der Waals surface area contributed by atoms with Gasteiger partial charge in [-0.05, 0) is 33.6 Å². The molecule has 0 saturated carbocycles. The van der Waals surface area contributed by atoms with Crippen LogP contribution in [0, 0.1) is 0 Å². The topological polar surface area (TPSA) is 106 Å². The molecule has 3 amide bonds. The summed E-state index contributed by atoms with van der Waals surface area (Å²) in [6, 6.07) is -0.735. The molecule has 0 fully saturated rings. The van der Waals surface area contributed by atoms with Gasteiger partial charge in [-0.1, -0.05) is 12.7 Å². The average Bonchev–Trinajstić information content (AvgIpc) is 2.45. The van der Waals surface area contributed by atoms with Crippen molar-refractivity contribution in [1.82, 2.24) is 16.0 Å². The summed E-state index contributed by atoms with van der Waals surface area (Å²) < 4.78 is 9.87. The average molecular weight is 329 g/mol. The summed E-state index contributed by atoms with van der Waals surface area (Å²) in [5.74, 6) is -0.329. The van der Waals surface area contributed by atoms with Crippen molar-refractivity contribution in [2.24, 2.45) is 0 Å². The van der Waals surface area contributed by atoms with E-state index < -0.39 is 23.8 Å². The van der Waals surface area contributed by atoms with Crippen molar-refractivity contribution < 1.29 is 23.9 Å². The molecule has 0 rings (SSSR count). The summed E-state index contributed by atoms with van der Waals surface area (Å²) in [6.45, 7) is 9.09. The van der Waals surface area contributed by atoms with Gasteiger partial charge in [0.15, 0.2) is 0 Å². The van der Waals surface area contributed by atoms with Gasteiger partial charge in [-0.25, -0.2) is 9.59 Å². The van der Waals surface area contributed by atoms with Gasteiger partial charge >= 0.3 is 12.2 Å². The van der Waals surface area contributed by atoms with Crippen LogP contribution in [0.1, 0.15) is 33.6 Å².